The summed E-state index contributed by atoms with van der Waals surface area (Å²) >= 11 is 0. The van der Waals surface area contributed by atoms with Gasteiger partial charge in [0.05, 0.1) is 6.10 Å². The molecule has 0 saturated heterocycles. The molecule has 1 N–H and O–H groups in total. The minimum Gasteiger partial charge on any atom is -0.490 e. The van der Waals surface area contributed by atoms with Crippen molar-refractivity contribution in [2.24, 2.45) is 0 Å². The van der Waals surface area contributed by atoms with Crippen molar-refractivity contribution in [2.45, 2.75) is 79.4 Å². The van der Waals surface area contributed by atoms with Crippen LogP contribution in [0.3, 0.4) is 0 Å². The highest BCUT2D eigenvalue weighted by Gasteiger charge is 2.32. The third kappa shape index (κ3) is 5.23. The third-order valence-electron chi connectivity index (χ3n) is 4.39. The molecular weight excluding hydrogens is 302 g/mol. The van der Waals surface area contributed by atoms with Gasteiger partial charge in [0.2, 0.25) is 0 Å². The van der Waals surface area contributed by atoms with Crippen LogP contribution in [-0.4, -0.2) is 24.2 Å². The van der Waals surface area contributed by atoms with E-state index in [4.69, 9.17) is 9.47 Å². The van der Waals surface area contributed by atoms with Crippen molar-refractivity contribution in [2.75, 3.05) is 11.9 Å². The number of benzene rings is 1. The van der Waals surface area contributed by atoms with Crippen LogP contribution in [-0.2, 0) is 9.53 Å². The van der Waals surface area contributed by atoms with Gasteiger partial charge in [-0.2, -0.15) is 0 Å². The lowest BCUT2D eigenvalue weighted by Gasteiger charge is -2.27. The average Bonchev–Trinajstić information content (AvgIpc) is 2.55. The summed E-state index contributed by atoms with van der Waals surface area (Å²) in [4.78, 5) is 12.6. The molecule has 1 aromatic rings. The van der Waals surface area contributed by atoms with Crippen molar-refractivity contribution >= 4 is 11.6 Å². The summed E-state index contributed by atoms with van der Waals surface area (Å²) in [6.45, 7) is 14.6. The first-order valence-electron chi connectivity index (χ1n) is 9.00. The van der Waals surface area contributed by atoms with Crippen molar-refractivity contribution in [1.29, 1.82) is 0 Å². The summed E-state index contributed by atoms with van der Waals surface area (Å²) in [5.41, 5.74) is 2.03. The van der Waals surface area contributed by atoms with Gasteiger partial charge in [0, 0.05) is 12.3 Å². The molecule has 0 aliphatic heterocycles. The molecule has 0 aromatic heterocycles. The zero-order chi connectivity index (χ0) is 18.3. The van der Waals surface area contributed by atoms with Gasteiger partial charge in [0.1, 0.15) is 11.4 Å². The van der Waals surface area contributed by atoms with Crippen LogP contribution in [0.2, 0.25) is 0 Å². The first-order chi connectivity index (χ1) is 11.3. The normalized spacial score (nSPS) is 14.8. The Morgan fingerprint density at radius 3 is 2.25 bits per heavy atom. The fourth-order valence-corrected chi connectivity index (χ4v) is 2.41. The van der Waals surface area contributed by atoms with Gasteiger partial charge in [-0.05, 0) is 70.2 Å². The lowest BCUT2D eigenvalue weighted by atomic mass is 10.0. The third-order valence-corrected chi connectivity index (χ3v) is 4.39. The molecule has 0 spiro atoms. The topological polar surface area (TPSA) is 47.6 Å². The lowest BCUT2D eigenvalue weighted by molar-refractivity contribution is -0.139. The van der Waals surface area contributed by atoms with E-state index in [1.165, 1.54) is 0 Å². The van der Waals surface area contributed by atoms with Crippen LogP contribution >= 0.6 is 0 Å². The second-order valence-electron chi connectivity index (χ2n) is 6.66. The quantitative estimate of drug-likeness (QED) is 0.689. The number of nitrogens with one attached hydrogen (secondary N) is 1. The van der Waals surface area contributed by atoms with Gasteiger partial charge in [0.25, 0.3) is 5.91 Å². The van der Waals surface area contributed by atoms with Gasteiger partial charge < -0.3 is 14.8 Å². The Hall–Kier alpha value is -1.55. The Bertz CT molecular complexity index is 533. The molecule has 4 heteroatoms. The fourth-order valence-electron chi connectivity index (χ4n) is 2.41. The predicted octanol–water partition coefficient (Wildman–Crippen LogP) is 5.01. The molecule has 1 rings (SSSR count). The highest BCUT2D eigenvalue weighted by Crippen LogP contribution is 2.29. The second kappa shape index (κ2) is 9.07. The number of rotatable bonds is 9. The number of hydrogen-bond donors (Lipinski definition) is 1. The van der Waals surface area contributed by atoms with Crippen molar-refractivity contribution < 1.29 is 14.3 Å². The van der Waals surface area contributed by atoms with Crippen LogP contribution in [0.1, 0.15) is 65.0 Å². The summed E-state index contributed by atoms with van der Waals surface area (Å²) in [6, 6.07) is 3.91. The van der Waals surface area contributed by atoms with Gasteiger partial charge in [-0.25, -0.2) is 0 Å². The smallest absolute Gasteiger partial charge is 0.256 e. The van der Waals surface area contributed by atoms with Crippen molar-refractivity contribution in [3.05, 3.63) is 23.3 Å². The van der Waals surface area contributed by atoms with Crippen molar-refractivity contribution in [3.63, 3.8) is 0 Å². The minimum absolute atomic E-state index is 0.104. The SMILES string of the molecule is CCCOC(C)(CC)C(=O)Nc1cc(C)c(OC(C)CC)c(C)c1. The van der Waals surface area contributed by atoms with Gasteiger partial charge in [0.15, 0.2) is 0 Å². The number of carbonyl (C=O) groups excluding carboxylic acids is 1. The van der Waals surface area contributed by atoms with Crippen molar-refractivity contribution in [1.82, 2.24) is 0 Å². The van der Waals surface area contributed by atoms with E-state index in [2.05, 4.69) is 19.2 Å². The van der Waals surface area contributed by atoms with E-state index >= 15 is 0 Å². The molecule has 0 radical (unpaired) electrons. The summed E-state index contributed by atoms with van der Waals surface area (Å²) in [6.07, 6.45) is 2.66. The zero-order valence-corrected chi connectivity index (χ0v) is 16.3. The molecule has 1 aromatic carbocycles. The Morgan fingerprint density at radius 2 is 1.79 bits per heavy atom. The molecule has 0 aliphatic carbocycles. The van der Waals surface area contributed by atoms with E-state index in [-0.39, 0.29) is 12.0 Å². The Kier molecular flexibility index (Phi) is 7.74. The van der Waals surface area contributed by atoms with E-state index in [0.29, 0.717) is 13.0 Å². The lowest BCUT2D eigenvalue weighted by Crippen LogP contribution is -2.42. The van der Waals surface area contributed by atoms with Gasteiger partial charge in [-0.3, -0.25) is 4.79 Å². The van der Waals surface area contributed by atoms with Crippen LogP contribution in [0.25, 0.3) is 0 Å². The summed E-state index contributed by atoms with van der Waals surface area (Å²) < 4.78 is 11.8. The van der Waals surface area contributed by atoms with Crippen LogP contribution in [0, 0.1) is 13.8 Å². The number of aryl methyl sites for hydroxylation is 2. The maximum absolute atomic E-state index is 12.6. The van der Waals surface area contributed by atoms with Gasteiger partial charge >= 0.3 is 0 Å². The average molecular weight is 335 g/mol. The number of anilines is 1. The largest absolute Gasteiger partial charge is 0.490 e. The molecule has 2 atom stereocenters. The standard InChI is InChI=1S/C20H33NO3/c1-8-11-23-20(7,10-3)19(22)21-17-12-14(4)18(15(5)13-17)24-16(6)9-2/h12-13,16H,8-11H2,1-7H3,(H,21,22). The number of hydrogen-bond acceptors (Lipinski definition) is 3. The van der Waals surface area contributed by atoms with Crippen LogP contribution in [0.15, 0.2) is 12.1 Å². The molecule has 0 fully saturated rings. The first-order valence-corrected chi connectivity index (χ1v) is 9.00. The second-order valence-corrected chi connectivity index (χ2v) is 6.66. The summed E-state index contributed by atoms with van der Waals surface area (Å²) in [5.74, 6) is 0.802. The molecular formula is C20H33NO3. The van der Waals surface area contributed by atoms with Gasteiger partial charge in [-0.15, -0.1) is 0 Å². The number of carbonyl (C=O) groups is 1. The maximum atomic E-state index is 12.6. The van der Waals surface area contributed by atoms with Crippen LogP contribution < -0.4 is 10.1 Å². The van der Waals surface area contributed by atoms with E-state index in [1.807, 2.05) is 46.8 Å². The Labute approximate surface area is 146 Å². The summed E-state index contributed by atoms with van der Waals surface area (Å²) in [7, 11) is 0. The number of amides is 1. The van der Waals surface area contributed by atoms with Crippen LogP contribution in [0.4, 0.5) is 5.69 Å². The zero-order valence-electron chi connectivity index (χ0n) is 16.3. The molecule has 2 unspecified atom stereocenters. The maximum Gasteiger partial charge on any atom is 0.256 e. The molecule has 0 heterocycles. The van der Waals surface area contributed by atoms with E-state index < -0.39 is 5.60 Å². The summed E-state index contributed by atoms with van der Waals surface area (Å²) in [5, 5.41) is 3.00. The van der Waals surface area contributed by atoms with E-state index in [9.17, 15) is 4.79 Å². The highest BCUT2D eigenvalue weighted by atomic mass is 16.5. The van der Waals surface area contributed by atoms with Crippen molar-refractivity contribution in [3.8, 4) is 5.75 Å². The number of ether oxygens (including phenoxy) is 2. The Morgan fingerprint density at radius 1 is 1.21 bits per heavy atom. The first kappa shape index (κ1) is 20.5. The highest BCUT2D eigenvalue weighted by molar-refractivity contribution is 5.97. The molecule has 0 bridgehead atoms. The van der Waals surface area contributed by atoms with E-state index in [0.717, 1.165) is 35.4 Å². The van der Waals surface area contributed by atoms with Crippen LogP contribution in [0.5, 0.6) is 5.75 Å². The minimum atomic E-state index is -0.802. The monoisotopic (exact) mass is 335 g/mol. The van der Waals surface area contributed by atoms with E-state index in [1.54, 1.807) is 0 Å². The molecule has 136 valence electrons. The Balaban J connectivity index is 2.94. The molecule has 0 aliphatic rings. The molecule has 24 heavy (non-hydrogen) atoms. The molecule has 4 nitrogen and oxygen atoms in total. The predicted molar refractivity (Wildman–Crippen MR) is 99.9 cm³/mol. The molecule has 1 amide bonds. The van der Waals surface area contributed by atoms with Gasteiger partial charge in [-0.1, -0.05) is 20.8 Å². The fraction of sp³-hybridized carbons (Fsp3) is 0.650. The molecule has 0 saturated carbocycles.